The first-order valence-electron chi connectivity index (χ1n) is 7.68. The second-order valence-electron chi connectivity index (χ2n) is 6.47. The first-order valence-corrected chi connectivity index (χ1v) is 7.68. The summed E-state index contributed by atoms with van der Waals surface area (Å²) in [5.41, 5.74) is 2.79. The molecule has 1 aromatic rings. The minimum atomic E-state index is 0.207. The maximum Gasteiger partial charge on any atom is 0.132 e. The van der Waals surface area contributed by atoms with Gasteiger partial charge in [0.05, 0.1) is 0 Å². The van der Waals surface area contributed by atoms with E-state index in [-0.39, 0.29) is 5.41 Å². The number of anilines is 1. The Labute approximate surface area is 122 Å². The minimum Gasteiger partial charge on any atom is -0.385 e. The second kappa shape index (κ2) is 7.02. The van der Waals surface area contributed by atoms with Gasteiger partial charge in [-0.1, -0.05) is 20.3 Å². The Hall–Kier alpha value is -1.16. The van der Waals surface area contributed by atoms with E-state index in [4.69, 9.17) is 4.74 Å². The fourth-order valence-corrected chi connectivity index (χ4v) is 2.64. The molecule has 0 unspecified atom stereocenters. The van der Waals surface area contributed by atoms with Crippen molar-refractivity contribution in [3.63, 3.8) is 0 Å². The van der Waals surface area contributed by atoms with Crippen molar-refractivity contribution in [1.29, 1.82) is 0 Å². The predicted molar refractivity (Wildman–Crippen MR) is 82.1 cm³/mol. The summed E-state index contributed by atoms with van der Waals surface area (Å²) < 4.78 is 5.18. The molecule has 4 nitrogen and oxygen atoms in total. The summed E-state index contributed by atoms with van der Waals surface area (Å²) in [7, 11) is 1.76. The lowest BCUT2D eigenvalue weighted by Crippen LogP contribution is -2.25. The molecule has 1 heterocycles. The molecule has 20 heavy (non-hydrogen) atoms. The number of ether oxygens (including phenoxy) is 1. The van der Waals surface area contributed by atoms with Gasteiger partial charge in [-0.3, -0.25) is 0 Å². The van der Waals surface area contributed by atoms with Gasteiger partial charge in [0.2, 0.25) is 0 Å². The Balaban J connectivity index is 2.02. The summed E-state index contributed by atoms with van der Waals surface area (Å²) in [5.74, 6) is 1.04. The van der Waals surface area contributed by atoms with Crippen LogP contribution in [-0.2, 0) is 17.6 Å². The van der Waals surface area contributed by atoms with E-state index in [0.717, 1.165) is 38.2 Å². The lowest BCUT2D eigenvalue weighted by Gasteiger charge is -2.25. The largest absolute Gasteiger partial charge is 0.385 e. The van der Waals surface area contributed by atoms with Gasteiger partial charge in [0.15, 0.2) is 0 Å². The van der Waals surface area contributed by atoms with Crippen molar-refractivity contribution in [3.05, 3.63) is 17.6 Å². The van der Waals surface area contributed by atoms with Crippen LogP contribution in [0, 0.1) is 5.41 Å². The van der Waals surface area contributed by atoms with E-state index in [1.165, 1.54) is 30.5 Å². The van der Waals surface area contributed by atoms with Gasteiger partial charge in [-0.2, -0.15) is 0 Å². The molecule has 0 aromatic carbocycles. The molecule has 0 aliphatic heterocycles. The number of rotatable bonds is 6. The quantitative estimate of drug-likeness (QED) is 0.811. The molecule has 112 valence electrons. The molecule has 0 atom stereocenters. The Morgan fingerprint density at radius 1 is 1.20 bits per heavy atom. The zero-order chi connectivity index (χ0) is 14.4. The van der Waals surface area contributed by atoms with Crippen LogP contribution in [0.4, 0.5) is 5.82 Å². The van der Waals surface area contributed by atoms with E-state index in [0.29, 0.717) is 0 Å². The maximum absolute atomic E-state index is 5.18. The molecule has 1 N–H and O–H groups in total. The molecule has 0 saturated heterocycles. The number of hydrogen-bond acceptors (Lipinski definition) is 4. The lowest BCUT2D eigenvalue weighted by molar-refractivity contribution is 0.157. The molecule has 4 heteroatoms. The van der Waals surface area contributed by atoms with Gasteiger partial charge >= 0.3 is 0 Å². The number of nitrogens with zero attached hydrogens (tertiary/aromatic N) is 2. The van der Waals surface area contributed by atoms with Gasteiger partial charge in [0, 0.05) is 31.5 Å². The number of nitrogens with one attached hydrogen (secondary N) is 1. The molecule has 0 bridgehead atoms. The Morgan fingerprint density at radius 2 is 2.00 bits per heavy atom. The Kier molecular flexibility index (Phi) is 5.35. The third kappa shape index (κ3) is 4.17. The molecule has 0 spiro atoms. The summed E-state index contributed by atoms with van der Waals surface area (Å²) in [6, 6.07) is 0. The first-order chi connectivity index (χ1) is 9.62. The van der Waals surface area contributed by atoms with Crippen molar-refractivity contribution in [1.82, 2.24) is 9.97 Å². The van der Waals surface area contributed by atoms with Crippen molar-refractivity contribution in [3.8, 4) is 0 Å². The van der Waals surface area contributed by atoms with Crippen molar-refractivity contribution >= 4 is 5.82 Å². The molecule has 0 radical (unpaired) electrons. The van der Waals surface area contributed by atoms with Gasteiger partial charge in [0.1, 0.15) is 12.1 Å². The number of fused-ring (bicyclic) bond motifs is 1. The van der Waals surface area contributed by atoms with Crippen LogP contribution in [0.15, 0.2) is 6.33 Å². The average Bonchev–Trinajstić information content (AvgIpc) is 2.68. The smallest absolute Gasteiger partial charge is 0.132 e. The molecular formula is C16H27N3O. The zero-order valence-electron chi connectivity index (χ0n) is 13.0. The van der Waals surface area contributed by atoms with E-state index >= 15 is 0 Å². The van der Waals surface area contributed by atoms with Crippen molar-refractivity contribution in [2.24, 2.45) is 5.41 Å². The van der Waals surface area contributed by atoms with Crippen LogP contribution < -0.4 is 5.32 Å². The minimum absolute atomic E-state index is 0.207. The highest BCUT2D eigenvalue weighted by Crippen LogP contribution is 2.26. The Morgan fingerprint density at radius 3 is 2.80 bits per heavy atom. The molecule has 0 saturated carbocycles. The Bertz CT molecular complexity index is 432. The normalized spacial score (nSPS) is 15.6. The van der Waals surface area contributed by atoms with E-state index < -0.39 is 0 Å². The number of aryl methyl sites for hydroxylation is 1. The molecule has 0 amide bonds. The molecule has 1 aliphatic carbocycles. The average molecular weight is 277 g/mol. The standard InChI is InChI=1S/C16H27N3O/c1-16(2,9-10-20-3)11-17-15-13-7-5-4-6-8-14(13)18-12-19-15/h12H,4-11H2,1-3H3,(H,17,18,19). The van der Waals surface area contributed by atoms with E-state index in [2.05, 4.69) is 29.1 Å². The number of methoxy groups -OCH3 is 1. The van der Waals surface area contributed by atoms with E-state index in [1.807, 2.05) is 0 Å². The van der Waals surface area contributed by atoms with Crippen LogP contribution in [0.5, 0.6) is 0 Å². The molecule has 1 aromatic heterocycles. The van der Waals surface area contributed by atoms with Crippen LogP contribution in [0.1, 0.15) is 50.8 Å². The molecule has 1 aliphatic rings. The predicted octanol–water partition coefficient (Wildman–Crippen LogP) is 3.22. The van der Waals surface area contributed by atoms with Crippen molar-refractivity contribution < 1.29 is 4.74 Å². The highest BCUT2D eigenvalue weighted by atomic mass is 16.5. The second-order valence-corrected chi connectivity index (χ2v) is 6.47. The topological polar surface area (TPSA) is 47.0 Å². The fourth-order valence-electron chi connectivity index (χ4n) is 2.64. The van der Waals surface area contributed by atoms with E-state index in [1.54, 1.807) is 13.4 Å². The van der Waals surface area contributed by atoms with Gasteiger partial charge in [0.25, 0.3) is 0 Å². The van der Waals surface area contributed by atoms with Gasteiger partial charge in [-0.25, -0.2) is 9.97 Å². The van der Waals surface area contributed by atoms with Crippen LogP contribution in [0.3, 0.4) is 0 Å². The maximum atomic E-state index is 5.18. The summed E-state index contributed by atoms with van der Waals surface area (Å²) in [5, 5.41) is 3.54. The van der Waals surface area contributed by atoms with Crippen LogP contribution in [0.25, 0.3) is 0 Å². The summed E-state index contributed by atoms with van der Waals surface area (Å²) in [6.45, 7) is 6.24. The molecule has 2 rings (SSSR count). The molecular weight excluding hydrogens is 250 g/mol. The number of hydrogen-bond donors (Lipinski definition) is 1. The first kappa shape index (κ1) is 15.2. The monoisotopic (exact) mass is 277 g/mol. The van der Waals surface area contributed by atoms with Crippen molar-refractivity contribution in [2.45, 2.75) is 52.4 Å². The van der Waals surface area contributed by atoms with E-state index in [9.17, 15) is 0 Å². The van der Waals surface area contributed by atoms with Crippen LogP contribution in [-0.4, -0.2) is 30.2 Å². The zero-order valence-corrected chi connectivity index (χ0v) is 13.0. The summed E-state index contributed by atoms with van der Waals surface area (Å²) in [6.07, 6.45) is 8.76. The third-order valence-corrected chi connectivity index (χ3v) is 4.09. The van der Waals surface area contributed by atoms with Crippen molar-refractivity contribution in [2.75, 3.05) is 25.6 Å². The van der Waals surface area contributed by atoms with Crippen LogP contribution in [0.2, 0.25) is 0 Å². The summed E-state index contributed by atoms with van der Waals surface area (Å²) >= 11 is 0. The van der Waals surface area contributed by atoms with Gasteiger partial charge in [-0.15, -0.1) is 0 Å². The highest BCUT2D eigenvalue weighted by molar-refractivity contribution is 5.46. The highest BCUT2D eigenvalue weighted by Gasteiger charge is 2.19. The van der Waals surface area contributed by atoms with Gasteiger partial charge < -0.3 is 10.1 Å². The lowest BCUT2D eigenvalue weighted by atomic mass is 9.89. The van der Waals surface area contributed by atoms with Gasteiger partial charge in [-0.05, 0) is 37.5 Å². The van der Waals surface area contributed by atoms with Crippen LogP contribution >= 0.6 is 0 Å². The molecule has 0 fully saturated rings. The number of aromatic nitrogens is 2. The fraction of sp³-hybridized carbons (Fsp3) is 0.750. The third-order valence-electron chi connectivity index (χ3n) is 4.09. The summed E-state index contributed by atoms with van der Waals surface area (Å²) in [4.78, 5) is 8.93. The SMILES string of the molecule is COCCC(C)(C)CNc1ncnc2c1CCCCC2.